The predicted octanol–water partition coefficient (Wildman–Crippen LogP) is 1.99. The largest absolute Gasteiger partial charge is 0.508 e. The lowest BCUT2D eigenvalue weighted by Crippen LogP contribution is -2.26. The number of aromatic hydroxyl groups is 1. The van der Waals surface area contributed by atoms with Gasteiger partial charge in [-0.1, -0.05) is 12.1 Å². The maximum absolute atomic E-state index is 9.37. The van der Waals surface area contributed by atoms with Gasteiger partial charge in [-0.25, -0.2) is 0 Å². The van der Waals surface area contributed by atoms with Crippen LogP contribution < -0.4 is 5.73 Å². The molecule has 0 amide bonds. The van der Waals surface area contributed by atoms with Crippen LogP contribution >= 0.6 is 0 Å². The van der Waals surface area contributed by atoms with Crippen LogP contribution in [0.1, 0.15) is 30.7 Å². The van der Waals surface area contributed by atoms with Crippen molar-refractivity contribution in [2.24, 2.45) is 11.7 Å². The lowest BCUT2D eigenvalue weighted by Gasteiger charge is -2.09. The van der Waals surface area contributed by atoms with Crippen molar-refractivity contribution in [2.45, 2.75) is 30.7 Å². The van der Waals surface area contributed by atoms with Crippen LogP contribution in [-0.2, 0) is 0 Å². The zero-order chi connectivity index (χ0) is 9.76. The first-order valence-corrected chi connectivity index (χ1v) is 5.28. The van der Waals surface area contributed by atoms with Gasteiger partial charge in [0.15, 0.2) is 0 Å². The van der Waals surface area contributed by atoms with Crippen molar-refractivity contribution in [3.63, 3.8) is 0 Å². The van der Waals surface area contributed by atoms with Crippen molar-refractivity contribution in [2.75, 3.05) is 0 Å². The van der Waals surface area contributed by atoms with Crippen LogP contribution in [0.5, 0.6) is 5.75 Å². The minimum atomic E-state index is 0.0633. The molecule has 0 bridgehead atoms. The summed E-state index contributed by atoms with van der Waals surface area (Å²) in [5, 5.41) is 9.37. The molecule has 2 aliphatic carbocycles. The van der Waals surface area contributed by atoms with E-state index in [1.807, 2.05) is 12.1 Å². The molecule has 0 aromatic heterocycles. The standard InChI is InChI=1S/C12H15NO/c13-12(9-4-5-9)7-11(12)8-2-1-3-10(14)6-8/h1-3,6,9,11,14H,4-5,7,13H2. The van der Waals surface area contributed by atoms with Crippen LogP contribution in [0, 0.1) is 5.92 Å². The van der Waals surface area contributed by atoms with Gasteiger partial charge in [0.2, 0.25) is 0 Å². The highest BCUT2D eigenvalue weighted by molar-refractivity contribution is 5.39. The third-order valence-corrected chi connectivity index (χ3v) is 3.66. The van der Waals surface area contributed by atoms with E-state index in [1.54, 1.807) is 6.07 Å². The van der Waals surface area contributed by atoms with E-state index in [4.69, 9.17) is 5.73 Å². The first-order valence-electron chi connectivity index (χ1n) is 5.28. The number of nitrogens with two attached hydrogens (primary N) is 1. The van der Waals surface area contributed by atoms with Gasteiger partial charge in [0.05, 0.1) is 0 Å². The van der Waals surface area contributed by atoms with E-state index in [1.165, 1.54) is 18.4 Å². The molecular formula is C12H15NO. The summed E-state index contributed by atoms with van der Waals surface area (Å²) in [6.45, 7) is 0. The average molecular weight is 189 g/mol. The molecule has 1 aromatic rings. The van der Waals surface area contributed by atoms with Crippen molar-refractivity contribution in [1.29, 1.82) is 0 Å². The molecule has 2 atom stereocenters. The summed E-state index contributed by atoms with van der Waals surface area (Å²) in [6, 6.07) is 7.53. The fraction of sp³-hybridized carbons (Fsp3) is 0.500. The van der Waals surface area contributed by atoms with E-state index in [0.717, 1.165) is 12.3 Å². The number of hydrogen-bond acceptors (Lipinski definition) is 2. The van der Waals surface area contributed by atoms with Gasteiger partial charge in [0.1, 0.15) is 5.75 Å². The molecule has 3 rings (SSSR count). The Bertz CT molecular complexity index is 372. The molecule has 3 N–H and O–H groups in total. The average Bonchev–Trinajstić information content (AvgIpc) is 2.95. The van der Waals surface area contributed by atoms with Crippen LogP contribution in [-0.4, -0.2) is 10.6 Å². The van der Waals surface area contributed by atoms with Gasteiger partial charge in [-0.3, -0.25) is 0 Å². The van der Waals surface area contributed by atoms with Gasteiger partial charge >= 0.3 is 0 Å². The van der Waals surface area contributed by atoms with E-state index >= 15 is 0 Å². The zero-order valence-corrected chi connectivity index (χ0v) is 8.11. The fourth-order valence-corrected chi connectivity index (χ4v) is 2.54. The van der Waals surface area contributed by atoms with Crippen molar-refractivity contribution in [3.8, 4) is 5.75 Å². The Kier molecular flexibility index (Phi) is 1.49. The zero-order valence-electron chi connectivity index (χ0n) is 8.11. The summed E-state index contributed by atoms with van der Waals surface area (Å²) in [4.78, 5) is 0. The molecule has 2 fully saturated rings. The monoisotopic (exact) mass is 189 g/mol. The van der Waals surface area contributed by atoms with Gasteiger partial charge in [-0.2, -0.15) is 0 Å². The molecule has 14 heavy (non-hydrogen) atoms. The Morgan fingerprint density at radius 2 is 2.14 bits per heavy atom. The summed E-state index contributed by atoms with van der Waals surface area (Å²) in [6.07, 6.45) is 3.69. The molecule has 0 spiro atoms. The van der Waals surface area contributed by atoms with Gasteiger partial charge in [-0.05, 0) is 42.9 Å². The lowest BCUT2D eigenvalue weighted by molar-refractivity contribution is 0.474. The molecule has 0 radical (unpaired) electrons. The topological polar surface area (TPSA) is 46.2 Å². The Labute approximate surface area is 83.7 Å². The molecular weight excluding hydrogens is 174 g/mol. The predicted molar refractivity (Wildman–Crippen MR) is 55.1 cm³/mol. The van der Waals surface area contributed by atoms with E-state index in [-0.39, 0.29) is 5.54 Å². The second-order valence-electron chi connectivity index (χ2n) is 4.74. The second kappa shape index (κ2) is 2.51. The Balaban J connectivity index is 1.85. The van der Waals surface area contributed by atoms with Gasteiger partial charge < -0.3 is 10.8 Å². The van der Waals surface area contributed by atoms with Crippen molar-refractivity contribution in [1.82, 2.24) is 0 Å². The number of rotatable bonds is 2. The molecule has 74 valence electrons. The summed E-state index contributed by atoms with van der Waals surface area (Å²) < 4.78 is 0. The van der Waals surface area contributed by atoms with Crippen molar-refractivity contribution < 1.29 is 5.11 Å². The van der Waals surface area contributed by atoms with Gasteiger partial charge in [0, 0.05) is 11.5 Å². The quantitative estimate of drug-likeness (QED) is 0.747. The second-order valence-corrected chi connectivity index (χ2v) is 4.74. The van der Waals surface area contributed by atoms with E-state index in [2.05, 4.69) is 6.07 Å². The van der Waals surface area contributed by atoms with Crippen LogP contribution in [0.15, 0.2) is 24.3 Å². The third kappa shape index (κ3) is 1.14. The van der Waals surface area contributed by atoms with E-state index in [0.29, 0.717) is 11.7 Å². The molecule has 2 nitrogen and oxygen atoms in total. The molecule has 0 aliphatic heterocycles. The smallest absolute Gasteiger partial charge is 0.115 e. The molecule has 2 aliphatic rings. The lowest BCUT2D eigenvalue weighted by atomic mass is 10.0. The number of benzene rings is 1. The molecule has 2 saturated carbocycles. The van der Waals surface area contributed by atoms with Crippen LogP contribution in [0.25, 0.3) is 0 Å². The molecule has 2 unspecified atom stereocenters. The Morgan fingerprint density at radius 1 is 1.36 bits per heavy atom. The highest BCUT2D eigenvalue weighted by Crippen LogP contribution is 2.61. The van der Waals surface area contributed by atoms with Gasteiger partial charge in [-0.15, -0.1) is 0 Å². The molecule has 2 heteroatoms. The number of phenols is 1. The van der Waals surface area contributed by atoms with Crippen LogP contribution in [0.3, 0.4) is 0 Å². The summed E-state index contributed by atoms with van der Waals surface area (Å²) >= 11 is 0. The minimum absolute atomic E-state index is 0.0633. The first-order chi connectivity index (χ1) is 6.70. The van der Waals surface area contributed by atoms with Crippen molar-refractivity contribution >= 4 is 0 Å². The molecule has 0 heterocycles. The Hall–Kier alpha value is -1.02. The maximum atomic E-state index is 9.37. The number of hydrogen-bond donors (Lipinski definition) is 2. The maximum Gasteiger partial charge on any atom is 0.115 e. The highest BCUT2D eigenvalue weighted by Gasteiger charge is 2.59. The van der Waals surface area contributed by atoms with Crippen molar-refractivity contribution in [3.05, 3.63) is 29.8 Å². The molecule has 0 saturated heterocycles. The third-order valence-electron chi connectivity index (χ3n) is 3.66. The SMILES string of the molecule is NC1(C2CC2)CC1c1cccc(O)c1. The summed E-state index contributed by atoms with van der Waals surface area (Å²) in [5.74, 6) is 1.59. The normalized spacial score (nSPS) is 35.6. The summed E-state index contributed by atoms with van der Waals surface area (Å²) in [7, 11) is 0. The fourth-order valence-electron chi connectivity index (χ4n) is 2.54. The van der Waals surface area contributed by atoms with Gasteiger partial charge in [0.25, 0.3) is 0 Å². The highest BCUT2D eigenvalue weighted by atomic mass is 16.3. The first kappa shape index (κ1) is 8.30. The van der Waals surface area contributed by atoms with E-state index in [9.17, 15) is 5.11 Å². The summed E-state index contributed by atoms with van der Waals surface area (Å²) in [5.41, 5.74) is 7.57. The number of phenolic OH excluding ortho intramolecular Hbond substituents is 1. The van der Waals surface area contributed by atoms with E-state index < -0.39 is 0 Å². The Morgan fingerprint density at radius 3 is 2.79 bits per heavy atom. The molecule has 1 aromatic carbocycles. The van der Waals surface area contributed by atoms with Crippen LogP contribution in [0.2, 0.25) is 0 Å². The minimum Gasteiger partial charge on any atom is -0.508 e. The van der Waals surface area contributed by atoms with Crippen LogP contribution in [0.4, 0.5) is 0 Å².